The summed E-state index contributed by atoms with van der Waals surface area (Å²) in [6.45, 7) is 1.21. The molecule has 0 aliphatic heterocycles. The topological polar surface area (TPSA) is 71.2 Å². The van der Waals surface area contributed by atoms with E-state index in [-0.39, 0.29) is 5.91 Å². The van der Waals surface area contributed by atoms with Crippen LogP contribution in [0.25, 0.3) is 9.53 Å². The molecule has 2 aromatic heterocycles. The number of rotatable bonds is 5. The summed E-state index contributed by atoms with van der Waals surface area (Å²) in [5.74, 6) is -0.0370. The lowest BCUT2D eigenvalue weighted by Gasteiger charge is -2.05. The average molecular weight is 284 g/mol. The molecule has 0 atom stereocenters. The first-order chi connectivity index (χ1) is 8.61. The highest BCUT2D eigenvalue weighted by Crippen LogP contribution is 2.33. The largest absolute Gasteiger partial charge is 0.354 e. The van der Waals surface area contributed by atoms with Gasteiger partial charge in [0, 0.05) is 20.6 Å². The van der Waals surface area contributed by atoms with E-state index in [2.05, 4.69) is 10.3 Å². The molecule has 2 aromatic rings. The molecule has 0 unspecified atom stereocenters. The minimum absolute atomic E-state index is 0.0370. The third-order valence-corrected chi connectivity index (χ3v) is 4.68. The van der Waals surface area contributed by atoms with Crippen LogP contribution in [0.4, 0.5) is 5.13 Å². The smallest absolute Gasteiger partial charge is 0.261 e. The number of carbonyl (C=O) groups excluding carboxylic acids is 1. The number of thiophene rings is 1. The van der Waals surface area contributed by atoms with Crippen molar-refractivity contribution in [3.63, 3.8) is 0 Å². The average Bonchev–Trinajstić information content (AvgIpc) is 2.86. The number of thiazole rings is 1. The van der Waals surface area contributed by atoms with Gasteiger partial charge >= 0.3 is 0 Å². The Labute approximate surface area is 114 Å². The first kappa shape index (κ1) is 13.3. The Kier molecular flexibility index (Phi) is 4.15. The number of nitrogens with zero attached hydrogens (tertiary/aromatic N) is 2. The predicted molar refractivity (Wildman–Crippen MR) is 77.8 cm³/mol. The highest BCUT2D eigenvalue weighted by atomic mass is 32.1. The van der Waals surface area contributed by atoms with Crippen molar-refractivity contribution in [2.24, 2.45) is 5.73 Å². The Morgan fingerprint density at radius 2 is 2.28 bits per heavy atom. The number of amides is 1. The SMILES string of the molecule is CN(C)c1nc2sc(C(=O)NCCCN)cc2s1. The van der Waals surface area contributed by atoms with Crippen molar-refractivity contribution in [2.75, 3.05) is 32.1 Å². The van der Waals surface area contributed by atoms with Gasteiger partial charge < -0.3 is 16.0 Å². The summed E-state index contributed by atoms with van der Waals surface area (Å²) >= 11 is 3.03. The van der Waals surface area contributed by atoms with Crippen molar-refractivity contribution in [1.82, 2.24) is 10.3 Å². The fourth-order valence-electron chi connectivity index (χ4n) is 1.42. The van der Waals surface area contributed by atoms with Gasteiger partial charge in [-0.2, -0.15) is 0 Å². The maximum Gasteiger partial charge on any atom is 0.261 e. The molecule has 0 aliphatic rings. The summed E-state index contributed by atoms with van der Waals surface area (Å²) in [4.78, 5) is 19.9. The number of aromatic nitrogens is 1. The van der Waals surface area contributed by atoms with E-state index in [0.29, 0.717) is 18.0 Å². The first-order valence-corrected chi connectivity index (χ1v) is 7.31. The lowest BCUT2D eigenvalue weighted by atomic mass is 10.4. The Morgan fingerprint density at radius 3 is 2.89 bits per heavy atom. The molecule has 5 nitrogen and oxygen atoms in total. The van der Waals surface area contributed by atoms with Gasteiger partial charge in [-0.15, -0.1) is 11.3 Å². The molecule has 18 heavy (non-hydrogen) atoms. The number of fused-ring (bicyclic) bond motifs is 1. The van der Waals surface area contributed by atoms with E-state index in [9.17, 15) is 4.79 Å². The highest BCUT2D eigenvalue weighted by Gasteiger charge is 2.14. The molecule has 7 heteroatoms. The number of nitrogens with one attached hydrogen (secondary N) is 1. The van der Waals surface area contributed by atoms with Crippen molar-refractivity contribution in [3.05, 3.63) is 10.9 Å². The van der Waals surface area contributed by atoms with Crippen molar-refractivity contribution >= 4 is 43.2 Å². The maximum absolute atomic E-state index is 11.8. The summed E-state index contributed by atoms with van der Waals surface area (Å²) in [6.07, 6.45) is 0.800. The molecule has 2 heterocycles. The van der Waals surface area contributed by atoms with E-state index in [0.717, 1.165) is 21.1 Å². The number of carbonyl (C=O) groups is 1. The second-order valence-corrected chi connectivity index (χ2v) is 6.11. The molecule has 0 aliphatic carbocycles. The van der Waals surface area contributed by atoms with Crippen LogP contribution in [0.2, 0.25) is 0 Å². The number of hydrogen-bond donors (Lipinski definition) is 2. The zero-order valence-corrected chi connectivity index (χ0v) is 12.0. The molecule has 0 radical (unpaired) electrons. The standard InChI is InChI=1S/C11H16N4OS2/c1-15(2)11-14-10-8(18-11)6-7(17-10)9(16)13-5-3-4-12/h6H,3-5,12H2,1-2H3,(H,13,16). The van der Waals surface area contributed by atoms with Crippen molar-refractivity contribution < 1.29 is 4.79 Å². The minimum Gasteiger partial charge on any atom is -0.354 e. The summed E-state index contributed by atoms with van der Waals surface area (Å²) in [5, 5.41) is 3.81. The van der Waals surface area contributed by atoms with Crippen LogP contribution in [0.1, 0.15) is 16.1 Å². The van der Waals surface area contributed by atoms with Crippen LogP contribution in [0, 0.1) is 0 Å². The lowest BCUT2D eigenvalue weighted by molar-refractivity contribution is 0.0957. The molecule has 2 rings (SSSR count). The van der Waals surface area contributed by atoms with Crippen LogP contribution in [-0.4, -0.2) is 38.1 Å². The second-order valence-electron chi connectivity index (χ2n) is 4.07. The summed E-state index contributed by atoms with van der Waals surface area (Å²) in [7, 11) is 3.92. The predicted octanol–water partition coefficient (Wildman–Crippen LogP) is 1.50. The Morgan fingerprint density at radius 1 is 1.50 bits per heavy atom. The van der Waals surface area contributed by atoms with Gasteiger partial charge in [0.1, 0.15) is 4.83 Å². The number of hydrogen-bond acceptors (Lipinski definition) is 6. The van der Waals surface area contributed by atoms with Crippen LogP contribution in [0.5, 0.6) is 0 Å². The van der Waals surface area contributed by atoms with Crippen LogP contribution >= 0.6 is 22.7 Å². The zero-order chi connectivity index (χ0) is 13.1. The summed E-state index contributed by atoms with van der Waals surface area (Å²) in [5.41, 5.74) is 5.38. The van der Waals surface area contributed by atoms with E-state index < -0.39 is 0 Å². The molecule has 3 N–H and O–H groups in total. The van der Waals surface area contributed by atoms with Crippen LogP contribution in [-0.2, 0) is 0 Å². The molecule has 98 valence electrons. The monoisotopic (exact) mass is 284 g/mol. The van der Waals surface area contributed by atoms with Gasteiger partial charge in [0.25, 0.3) is 5.91 Å². The van der Waals surface area contributed by atoms with E-state index in [4.69, 9.17) is 5.73 Å². The third-order valence-electron chi connectivity index (χ3n) is 2.35. The molecule has 0 fully saturated rings. The Hall–Kier alpha value is -1.18. The number of nitrogens with two attached hydrogens (primary N) is 1. The van der Waals surface area contributed by atoms with Crippen LogP contribution in [0.15, 0.2) is 6.07 Å². The molecule has 0 bridgehead atoms. The third kappa shape index (κ3) is 2.80. The Balaban J connectivity index is 2.10. The van der Waals surface area contributed by atoms with Gasteiger partial charge in [-0.1, -0.05) is 11.3 Å². The van der Waals surface area contributed by atoms with Gasteiger partial charge in [-0.25, -0.2) is 4.98 Å². The fourth-order valence-corrected chi connectivity index (χ4v) is 3.47. The highest BCUT2D eigenvalue weighted by molar-refractivity contribution is 7.29. The summed E-state index contributed by atoms with van der Waals surface area (Å²) < 4.78 is 1.06. The lowest BCUT2D eigenvalue weighted by Crippen LogP contribution is -2.25. The zero-order valence-electron chi connectivity index (χ0n) is 10.4. The normalized spacial score (nSPS) is 10.8. The molecular formula is C11H16N4OS2. The molecule has 0 saturated heterocycles. The molecule has 0 aromatic carbocycles. The van der Waals surface area contributed by atoms with Crippen molar-refractivity contribution in [3.8, 4) is 0 Å². The molecule has 0 saturated carbocycles. The van der Waals surface area contributed by atoms with Crippen LogP contribution < -0.4 is 16.0 Å². The van der Waals surface area contributed by atoms with Crippen LogP contribution in [0.3, 0.4) is 0 Å². The first-order valence-electron chi connectivity index (χ1n) is 5.68. The molecule has 1 amide bonds. The van der Waals surface area contributed by atoms with Gasteiger partial charge in [-0.3, -0.25) is 4.79 Å². The molecular weight excluding hydrogens is 268 g/mol. The minimum atomic E-state index is -0.0370. The van der Waals surface area contributed by atoms with E-state index in [1.165, 1.54) is 11.3 Å². The van der Waals surface area contributed by atoms with E-state index in [1.807, 2.05) is 25.1 Å². The Bertz CT molecular complexity index is 515. The van der Waals surface area contributed by atoms with Gasteiger partial charge in [0.15, 0.2) is 5.13 Å². The number of anilines is 1. The second kappa shape index (κ2) is 5.64. The van der Waals surface area contributed by atoms with Gasteiger partial charge in [0.2, 0.25) is 0 Å². The summed E-state index contributed by atoms with van der Waals surface area (Å²) in [6, 6.07) is 1.91. The van der Waals surface area contributed by atoms with Crippen molar-refractivity contribution in [1.29, 1.82) is 0 Å². The van der Waals surface area contributed by atoms with E-state index >= 15 is 0 Å². The quantitative estimate of drug-likeness (QED) is 0.816. The fraction of sp³-hybridized carbons (Fsp3) is 0.455. The van der Waals surface area contributed by atoms with Gasteiger partial charge in [0.05, 0.1) is 9.58 Å². The molecule has 0 spiro atoms. The van der Waals surface area contributed by atoms with E-state index in [1.54, 1.807) is 11.3 Å². The van der Waals surface area contributed by atoms with Crippen molar-refractivity contribution in [2.45, 2.75) is 6.42 Å². The maximum atomic E-state index is 11.8. The van der Waals surface area contributed by atoms with Gasteiger partial charge in [-0.05, 0) is 19.0 Å².